The van der Waals surface area contributed by atoms with Crippen molar-refractivity contribution in [2.45, 2.75) is 25.0 Å². The summed E-state index contributed by atoms with van der Waals surface area (Å²) in [6, 6.07) is 6.54. The topological polar surface area (TPSA) is 50.5 Å². The number of nitrogens with one attached hydrogen (secondary N) is 1. The molecule has 2 heterocycles. The molecule has 2 aliphatic heterocycles. The lowest BCUT2D eigenvalue weighted by Gasteiger charge is -2.35. The molecule has 2 atom stereocenters. The number of anilines is 1. The SMILES string of the molecule is NC(=S)c1ccc(NCC2CN3CCCC3CO2)c(Br)c1. The number of ether oxygens (including phenoxy) is 1. The quantitative estimate of drug-likeness (QED) is 0.797. The van der Waals surface area contributed by atoms with Crippen molar-refractivity contribution in [3.63, 3.8) is 0 Å². The number of thiocarbonyl (C=S) groups is 1. The van der Waals surface area contributed by atoms with Gasteiger partial charge in [-0.1, -0.05) is 12.2 Å². The first-order chi connectivity index (χ1) is 10.1. The van der Waals surface area contributed by atoms with Crippen molar-refractivity contribution in [3.05, 3.63) is 28.2 Å². The van der Waals surface area contributed by atoms with Gasteiger partial charge >= 0.3 is 0 Å². The summed E-state index contributed by atoms with van der Waals surface area (Å²) in [7, 11) is 0. The standard InChI is InChI=1S/C15H20BrN3OS/c16-13-6-10(15(17)21)3-4-14(13)18-7-12-8-19-5-1-2-11(19)9-20-12/h3-4,6,11-12,18H,1-2,5,7-9H2,(H2,17,21). The molecular formula is C15H20BrN3OS. The largest absolute Gasteiger partial charge is 0.389 e. The van der Waals surface area contributed by atoms with Gasteiger partial charge in [-0.15, -0.1) is 0 Å². The number of halogens is 1. The molecule has 0 aromatic heterocycles. The predicted octanol–water partition coefficient (Wildman–Crippen LogP) is 2.36. The molecule has 2 aliphatic rings. The van der Waals surface area contributed by atoms with Crippen molar-refractivity contribution in [2.75, 3.05) is 31.6 Å². The van der Waals surface area contributed by atoms with Gasteiger partial charge in [-0.05, 0) is 53.5 Å². The monoisotopic (exact) mass is 369 g/mol. The first kappa shape index (κ1) is 15.2. The van der Waals surface area contributed by atoms with Gasteiger partial charge in [0.25, 0.3) is 0 Å². The second-order valence-corrected chi connectivity index (χ2v) is 6.98. The van der Waals surface area contributed by atoms with Crippen LogP contribution in [0, 0.1) is 0 Å². The highest BCUT2D eigenvalue weighted by Gasteiger charge is 2.31. The van der Waals surface area contributed by atoms with Crippen LogP contribution >= 0.6 is 28.1 Å². The molecule has 0 amide bonds. The lowest BCUT2D eigenvalue weighted by atomic mass is 10.1. The smallest absolute Gasteiger partial charge is 0.104 e. The maximum atomic E-state index is 5.96. The number of fused-ring (bicyclic) bond motifs is 1. The maximum Gasteiger partial charge on any atom is 0.104 e. The maximum absolute atomic E-state index is 5.96. The van der Waals surface area contributed by atoms with Gasteiger partial charge < -0.3 is 15.8 Å². The van der Waals surface area contributed by atoms with Crippen LogP contribution in [0.3, 0.4) is 0 Å². The Labute approximate surface area is 139 Å². The second kappa shape index (κ2) is 6.60. The van der Waals surface area contributed by atoms with E-state index in [4.69, 9.17) is 22.7 Å². The summed E-state index contributed by atoms with van der Waals surface area (Å²) < 4.78 is 6.93. The number of hydrogen-bond donors (Lipinski definition) is 2. The lowest BCUT2D eigenvalue weighted by Crippen LogP contribution is -2.48. The fraction of sp³-hybridized carbons (Fsp3) is 0.533. The molecule has 6 heteroatoms. The molecule has 0 bridgehead atoms. The Hall–Kier alpha value is -0.690. The number of morpholine rings is 1. The minimum Gasteiger partial charge on any atom is -0.389 e. The summed E-state index contributed by atoms with van der Waals surface area (Å²) >= 11 is 8.54. The van der Waals surface area contributed by atoms with Gasteiger partial charge in [0.15, 0.2) is 0 Å². The van der Waals surface area contributed by atoms with E-state index in [1.807, 2.05) is 18.2 Å². The Morgan fingerprint density at radius 1 is 1.52 bits per heavy atom. The molecule has 1 aromatic carbocycles. The van der Waals surface area contributed by atoms with Gasteiger partial charge in [0.05, 0.1) is 12.7 Å². The fourth-order valence-electron chi connectivity index (χ4n) is 3.04. The van der Waals surface area contributed by atoms with Gasteiger partial charge in [-0.25, -0.2) is 0 Å². The Kier molecular flexibility index (Phi) is 4.78. The highest BCUT2D eigenvalue weighted by atomic mass is 79.9. The van der Waals surface area contributed by atoms with Crippen LogP contribution < -0.4 is 11.1 Å². The van der Waals surface area contributed by atoms with Crippen molar-refractivity contribution >= 4 is 38.8 Å². The van der Waals surface area contributed by atoms with Crippen molar-refractivity contribution in [1.29, 1.82) is 0 Å². The van der Waals surface area contributed by atoms with Gasteiger partial charge in [0.2, 0.25) is 0 Å². The van der Waals surface area contributed by atoms with Gasteiger partial charge in [-0.2, -0.15) is 0 Å². The summed E-state index contributed by atoms with van der Waals surface area (Å²) in [5, 5.41) is 3.45. The zero-order valence-electron chi connectivity index (χ0n) is 11.8. The summed E-state index contributed by atoms with van der Waals surface area (Å²) in [6.07, 6.45) is 2.84. The summed E-state index contributed by atoms with van der Waals surface area (Å²) in [4.78, 5) is 2.97. The van der Waals surface area contributed by atoms with E-state index in [2.05, 4.69) is 26.1 Å². The summed E-state index contributed by atoms with van der Waals surface area (Å²) in [6.45, 7) is 3.93. The van der Waals surface area contributed by atoms with E-state index in [9.17, 15) is 0 Å². The number of rotatable bonds is 4. The molecule has 2 fully saturated rings. The second-order valence-electron chi connectivity index (χ2n) is 5.69. The molecule has 2 saturated heterocycles. The number of nitrogens with two attached hydrogens (primary N) is 1. The van der Waals surface area contributed by atoms with Crippen molar-refractivity contribution in [1.82, 2.24) is 4.90 Å². The molecule has 0 spiro atoms. The Morgan fingerprint density at radius 2 is 2.38 bits per heavy atom. The Balaban J connectivity index is 1.56. The zero-order valence-corrected chi connectivity index (χ0v) is 14.3. The van der Waals surface area contributed by atoms with E-state index in [1.54, 1.807) is 0 Å². The predicted molar refractivity (Wildman–Crippen MR) is 92.9 cm³/mol. The minimum absolute atomic E-state index is 0.251. The highest BCUT2D eigenvalue weighted by molar-refractivity contribution is 9.10. The van der Waals surface area contributed by atoms with Crippen LogP contribution in [0.4, 0.5) is 5.69 Å². The fourth-order valence-corrected chi connectivity index (χ4v) is 3.69. The van der Waals surface area contributed by atoms with E-state index >= 15 is 0 Å². The molecule has 3 N–H and O–H groups in total. The normalized spacial score (nSPS) is 25.6. The average molecular weight is 370 g/mol. The average Bonchev–Trinajstić information content (AvgIpc) is 2.93. The van der Waals surface area contributed by atoms with Crippen molar-refractivity contribution < 1.29 is 4.74 Å². The number of nitrogens with zero attached hydrogens (tertiary/aromatic N) is 1. The minimum atomic E-state index is 0.251. The third-order valence-electron chi connectivity index (χ3n) is 4.24. The third kappa shape index (κ3) is 3.56. The molecular weight excluding hydrogens is 350 g/mol. The van der Waals surface area contributed by atoms with Crippen LogP contribution in [0.25, 0.3) is 0 Å². The lowest BCUT2D eigenvalue weighted by molar-refractivity contribution is -0.0415. The van der Waals surface area contributed by atoms with E-state index < -0.39 is 0 Å². The van der Waals surface area contributed by atoms with Crippen LogP contribution in [0.5, 0.6) is 0 Å². The number of benzene rings is 1. The molecule has 3 rings (SSSR count). The third-order valence-corrected chi connectivity index (χ3v) is 5.13. The first-order valence-electron chi connectivity index (χ1n) is 7.32. The number of hydrogen-bond acceptors (Lipinski definition) is 4. The molecule has 2 unspecified atom stereocenters. The summed E-state index contributed by atoms with van der Waals surface area (Å²) in [5.74, 6) is 0. The van der Waals surface area contributed by atoms with E-state index in [-0.39, 0.29) is 6.10 Å². The molecule has 21 heavy (non-hydrogen) atoms. The molecule has 0 saturated carbocycles. The van der Waals surface area contributed by atoms with Crippen molar-refractivity contribution in [2.24, 2.45) is 5.73 Å². The Morgan fingerprint density at radius 3 is 3.14 bits per heavy atom. The van der Waals surface area contributed by atoms with Crippen LogP contribution in [0.15, 0.2) is 22.7 Å². The van der Waals surface area contributed by atoms with Gasteiger partial charge in [0.1, 0.15) is 4.99 Å². The van der Waals surface area contributed by atoms with Gasteiger partial charge in [0, 0.05) is 34.9 Å². The van der Waals surface area contributed by atoms with Crippen LogP contribution in [-0.2, 0) is 4.74 Å². The van der Waals surface area contributed by atoms with Gasteiger partial charge in [-0.3, -0.25) is 4.90 Å². The summed E-state index contributed by atoms with van der Waals surface area (Å²) in [5.41, 5.74) is 7.55. The van der Waals surface area contributed by atoms with Crippen molar-refractivity contribution in [3.8, 4) is 0 Å². The zero-order chi connectivity index (χ0) is 14.8. The van der Waals surface area contributed by atoms with Crippen LogP contribution in [0.2, 0.25) is 0 Å². The van der Waals surface area contributed by atoms with E-state index in [0.29, 0.717) is 11.0 Å². The molecule has 114 valence electrons. The van der Waals surface area contributed by atoms with Crippen LogP contribution in [0.1, 0.15) is 18.4 Å². The first-order valence-corrected chi connectivity index (χ1v) is 8.52. The van der Waals surface area contributed by atoms with E-state index in [0.717, 1.165) is 35.4 Å². The van der Waals surface area contributed by atoms with Crippen LogP contribution in [-0.4, -0.2) is 48.3 Å². The highest BCUT2D eigenvalue weighted by Crippen LogP contribution is 2.25. The molecule has 0 aliphatic carbocycles. The molecule has 0 radical (unpaired) electrons. The van der Waals surface area contributed by atoms with E-state index in [1.165, 1.54) is 19.4 Å². The Bertz CT molecular complexity index is 540. The molecule has 4 nitrogen and oxygen atoms in total. The molecule has 1 aromatic rings.